The molecule has 4 aromatic rings. The lowest BCUT2D eigenvalue weighted by atomic mass is 9.93. The van der Waals surface area contributed by atoms with Gasteiger partial charge >= 0.3 is 0 Å². The largest absolute Gasteiger partial charge is 0.492 e. The molecule has 0 amide bonds. The second kappa shape index (κ2) is 34.1. The average Bonchev–Trinajstić information content (AvgIpc) is 3.31. The van der Waals surface area contributed by atoms with Gasteiger partial charge in [0, 0.05) is 0 Å². The maximum absolute atomic E-state index is 6.91. The Bertz CT molecular complexity index is 2110. The van der Waals surface area contributed by atoms with E-state index in [1.54, 1.807) is 0 Å². The number of rotatable bonds is 40. The van der Waals surface area contributed by atoms with Gasteiger partial charge in [0.05, 0.1) is 37.5 Å². The van der Waals surface area contributed by atoms with E-state index in [0.29, 0.717) is 62.6 Å². The van der Waals surface area contributed by atoms with Crippen LogP contribution in [0.4, 0.5) is 0 Å². The number of ether oxygens (including phenoxy) is 5. The molecule has 0 heterocycles. The number of fused-ring (bicyclic) bond motifs is 6. The number of benzene rings is 4. The van der Waals surface area contributed by atoms with Crippen molar-refractivity contribution >= 4 is 48.2 Å². The SMILES string of the molecule is CC(C)CCCC(C)CCOc1cc2c(cc1Br)c1cc(OCCC(C)CCCC(C)C)c(OCCC(C)CCCC(C)C)cc1c1cc(OCCC(C)CCCC(C)C)c(OCCC(C)CCCC(C)C)cc21. The van der Waals surface area contributed by atoms with Gasteiger partial charge in [-0.3, -0.25) is 0 Å². The minimum atomic E-state index is 0.592. The van der Waals surface area contributed by atoms with Crippen molar-refractivity contribution in [3.05, 3.63) is 40.9 Å². The van der Waals surface area contributed by atoms with Crippen LogP contribution in [0, 0.1) is 59.2 Å². The molecule has 6 heteroatoms. The van der Waals surface area contributed by atoms with Crippen molar-refractivity contribution in [3.63, 3.8) is 0 Å². The van der Waals surface area contributed by atoms with Crippen LogP contribution in [0.5, 0.6) is 28.7 Å². The summed E-state index contributed by atoms with van der Waals surface area (Å²) in [4.78, 5) is 0. The molecule has 0 spiro atoms. The summed E-state index contributed by atoms with van der Waals surface area (Å²) in [5, 5.41) is 6.83. The Kier molecular flexibility index (Phi) is 29.4. The van der Waals surface area contributed by atoms with Crippen molar-refractivity contribution in [2.75, 3.05) is 33.0 Å². The highest BCUT2D eigenvalue weighted by Crippen LogP contribution is 2.47. The molecule has 5 unspecified atom stereocenters. The third-order valence-corrected chi connectivity index (χ3v) is 16.5. The summed E-state index contributed by atoms with van der Waals surface area (Å²) in [7, 11) is 0. The predicted octanol–water partition coefficient (Wildman–Crippen LogP) is 22.1. The Labute approximate surface area is 463 Å². The summed E-state index contributed by atoms with van der Waals surface area (Å²) in [5.74, 6) is 10.9. The lowest BCUT2D eigenvalue weighted by Crippen LogP contribution is -2.09. The molecule has 5 nitrogen and oxygen atoms in total. The number of hydrogen-bond acceptors (Lipinski definition) is 5. The molecule has 0 bridgehead atoms. The van der Waals surface area contributed by atoms with Gasteiger partial charge in [-0.2, -0.15) is 0 Å². The van der Waals surface area contributed by atoms with E-state index in [1.807, 2.05) is 0 Å². The highest BCUT2D eigenvalue weighted by atomic mass is 79.9. The van der Waals surface area contributed by atoms with E-state index in [9.17, 15) is 0 Å². The molecule has 0 aromatic heterocycles. The summed E-state index contributed by atoms with van der Waals surface area (Å²) >= 11 is 4.02. The predicted molar refractivity (Wildman–Crippen MR) is 326 cm³/mol. The molecule has 0 N–H and O–H groups in total. The molecule has 0 aliphatic heterocycles. The first-order chi connectivity index (χ1) is 35.3. The Morgan fingerprint density at radius 2 is 0.446 bits per heavy atom. The first-order valence-corrected chi connectivity index (χ1v) is 31.4. The molecule has 74 heavy (non-hydrogen) atoms. The van der Waals surface area contributed by atoms with Crippen molar-refractivity contribution in [1.29, 1.82) is 0 Å². The zero-order valence-corrected chi connectivity index (χ0v) is 51.9. The van der Waals surface area contributed by atoms with Crippen LogP contribution in [0.15, 0.2) is 40.9 Å². The molecule has 0 saturated carbocycles. The van der Waals surface area contributed by atoms with Crippen molar-refractivity contribution in [3.8, 4) is 28.7 Å². The van der Waals surface area contributed by atoms with Gasteiger partial charge in [-0.25, -0.2) is 0 Å². The molecule has 4 aromatic carbocycles. The zero-order valence-electron chi connectivity index (χ0n) is 50.3. The molecule has 0 aliphatic carbocycles. The fourth-order valence-electron chi connectivity index (χ4n) is 10.5. The summed E-state index contributed by atoms with van der Waals surface area (Å²) in [6, 6.07) is 13.7. The molecule has 5 atom stereocenters. The van der Waals surface area contributed by atoms with Gasteiger partial charge in [-0.1, -0.05) is 200 Å². The first kappa shape index (κ1) is 63.7. The summed E-state index contributed by atoms with van der Waals surface area (Å²) in [6.45, 7) is 38.5. The quantitative estimate of drug-likeness (QED) is 0.0416. The van der Waals surface area contributed by atoms with Gasteiger partial charge in [0.25, 0.3) is 0 Å². The summed E-state index contributed by atoms with van der Waals surface area (Å²) < 4.78 is 35.3. The highest BCUT2D eigenvalue weighted by Gasteiger charge is 2.21. The van der Waals surface area contributed by atoms with E-state index in [-0.39, 0.29) is 0 Å². The normalized spacial score (nSPS) is 14.3. The van der Waals surface area contributed by atoms with Gasteiger partial charge in [0.2, 0.25) is 0 Å². The van der Waals surface area contributed by atoms with Crippen LogP contribution in [0.25, 0.3) is 32.3 Å². The smallest absolute Gasteiger partial charge is 0.161 e. The molecular weight excluding hydrogens is 977 g/mol. The minimum absolute atomic E-state index is 0.592. The highest BCUT2D eigenvalue weighted by molar-refractivity contribution is 9.10. The van der Waals surface area contributed by atoms with Crippen LogP contribution >= 0.6 is 15.9 Å². The van der Waals surface area contributed by atoms with Crippen LogP contribution in [-0.4, -0.2) is 33.0 Å². The molecule has 420 valence electrons. The fourth-order valence-corrected chi connectivity index (χ4v) is 11.0. The lowest BCUT2D eigenvalue weighted by molar-refractivity contribution is 0.237. The van der Waals surface area contributed by atoms with Crippen molar-refractivity contribution in [1.82, 2.24) is 0 Å². The van der Waals surface area contributed by atoms with E-state index >= 15 is 0 Å². The minimum Gasteiger partial charge on any atom is -0.492 e. The second-order valence-electron chi connectivity index (χ2n) is 25.9. The van der Waals surface area contributed by atoms with E-state index < -0.39 is 0 Å². The van der Waals surface area contributed by atoms with Gasteiger partial charge in [0.15, 0.2) is 23.0 Å². The first-order valence-electron chi connectivity index (χ1n) is 30.7. The van der Waals surface area contributed by atoms with E-state index in [2.05, 4.69) is 156 Å². The molecule has 0 aliphatic rings. The third kappa shape index (κ3) is 23.4. The van der Waals surface area contributed by atoms with Crippen molar-refractivity contribution in [2.24, 2.45) is 59.2 Å². The Morgan fingerprint density at radius 1 is 0.257 bits per heavy atom. The second-order valence-corrected chi connectivity index (χ2v) is 26.7. The molecule has 0 radical (unpaired) electrons. The summed E-state index contributed by atoms with van der Waals surface area (Å²) in [5.41, 5.74) is 0. The standard InChI is InChI=1S/C68H111BrO5/c1-47(2)21-16-26-52(11)31-36-70-64-42-58-57(41-63(64)69)59-43-65(71-37-32-53(12)27-17-22-48(3)4)67(73-39-34-55(14)29-19-24-50(7)8)45-61(59)62-46-68(74-40-35-56(15)30-20-25-51(9)10)66(44-60(58)62)72-38-33-54(13)28-18-23-49(5)6/h41-56H,16-40H2,1-15H3. The van der Waals surface area contributed by atoms with Crippen LogP contribution < -0.4 is 23.7 Å². The van der Waals surface area contributed by atoms with Crippen LogP contribution in [0.3, 0.4) is 0 Å². The topological polar surface area (TPSA) is 46.2 Å². The fraction of sp³-hybridized carbons (Fsp3) is 0.735. The van der Waals surface area contributed by atoms with Crippen molar-refractivity contribution < 1.29 is 23.7 Å². The number of halogens is 1. The van der Waals surface area contributed by atoms with Crippen LogP contribution in [0.2, 0.25) is 0 Å². The molecular formula is C68H111BrO5. The molecule has 4 rings (SSSR count). The van der Waals surface area contributed by atoms with E-state index in [4.69, 9.17) is 23.7 Å². The summed E-state index contributed by atoms with van der Waals surface area (Å²) in [6.07, 6.45) is 24.0. The van der Waals surface area contributed by atoms with Crippen LogP contribution in [0.1, 0.15) is 232 Å². The van der Waals surface area contributed by atoms with Gasteiger partial charge < -0.3 is 23.7 Å². The lowest BCUT2D eigenvalue weighted by Gasteiger charge is -2.21. The maximum Gasteiger partial charge on any atom is 0.161 e. The Hall–Kier alpha value is -2.86. The average molecular weight is 1090 g/mol. The van der Waals surface area contributed by atoms with Gasteiger partial charge in [0.1, 0.15) is 5.75 Å². The zero-order chi connectivity index (χ0) is 54.2. The number of hydrogen-bond donors (Lipinski definition) is 0. The Morgan fingerprint density at radius 3 is 0.662 bits per heavy atom. The Balaban J connectivity index is 1.86. The van der Waals surface area contributed by atoms with Crippen molar-refractivity contribution in [2.45, 2.75) is 232 Å². The van der Waals surface area contributed by atoms with Gasteiger partial charge in [-0.05, 0) is 176 Å². The van der Waals surface area contributed by atoms with Gasteiger partial charge in [-0.15, -0.1) is 0 Å². The maximum atomic E-state index is 6.91. The molecule has 0 fully saturated rings. The molecule has 0 saturated heterocycles. The monoisotopic (exact) mass is 1090 g/mol. The van der Waals surface area contributed by atoms with E-state index in [0.717, 1.165) is 127 Å². The van der Waals surface area contributed by atoms with Crippen LogP contribution in [-0.2, 0) is 0 Å². The van der Waals surface area contributed by atoms with E-state index in [1.165, 1.54) is 96.3 Å². The third-order valence-electron chi connectivity index (χ3n) is 15.8.